The summed E-state index contributed by atoms with van der Waals surface area (Å²) in [6.45, 7) is -5.91. The highest BCUT2D eigenvalue weighted by Gasteiger charge is 2.08. The lowest BCUT2D eigenvalue weighted by Gasteiger charge is -2.06. The van der Waals surface area contributed by atoms with Crippen molar-refractivity contribution in [2.45, 2.75) is 13.2 Å². The highest BCUT2D eigenvalue weighted by atomic mass is 19.3. The number of hydrogen-bond acceptors (Lipinski definition) is 4. The summed E-state index contributed by atoms with van der Waals surface area (Å²) in [7, 11) is 0. The van der Waals surface area contributed by atoms with Crippen LogP contribution in [-0.2, 0) is 0 Å². The first-order valence-electron chi connectivity index (χ1n) is 6.70. The van der Waals surface area contributed by atoms with E-state index >= 15 is 0 Å². The summed E-state index contributed by atoms with van der Waals surface area (Å²) < 4.78 is 57.8. The van der Waals surface area contributed by atoms with Crippen molar-refractivity contribution in [3.8, 4) is 11.5 Å². The zero-order chi connectivity index (χ0) is 17.4. The Morgan fingerprint density at radius 1 is 0.667 bits per heavy atom. The van der Waals surface area contributed by atoms with Gasteiger partial charge in [-0.3, -0.25) is 0 Å². The Bertz CT molecular complexity index is 659. The Labute approximate surface area is 135 Å². The number of halogens is 4. The van der Waals surface area contributed by atoms with Crippen LogP contribution in [0, 0.1) is 0 Å². The molecule has 0 aliphatic rings. The van der Waals surface area contributed by atoms with Crippen molar-refractivity contribution in [2.24, 2.45) is 10.2 Å². The summed E-state index contributed by atoms with van der Waals surface area (Å²) in [5.74, 6) is -0.0965. The quantitative estimate of drug-likeness (QED) is 0.427. The van der Waals surface area contributed by atoms with Crippen molar-refractivity contribution in [3.05, 3.63) is 59.7 Å². The predicted molar refractivity (Wildman–Crippen MR) is 81.3 cm³/mol. The lowest BCUT2D eigenvalue weighted by molar-refractivity contribution is -0.0506. The predicted octanol–water partition coefficient (Wildman–Crippen LogP) is 4.34. The van der Waals surface area contributed by atoms with Gasteiger partial charge < -0.3 is 9.47 Å². The molecule has 0 heterocycles. The molecule has 0 fully saturated rings. The van der Waals surface area contributed by atoms with Crippen LogP contribution in [0.1, 0.15) is 11.1 Å². The maximum atomic E-state index is 12.3. The minimum absolute atomic E-state index is 0.0483. The molecule has 0 aromatic heterocycles. The summed E-state index contributed by atoms with van der Waals surface area (Å²) in [5.41, 5.74) is 0.596. The molecule has 0 unspecified atom stereocenters. The van der Waals surface area contributed by atoms with Gasteiger partial charge in [0.25, 0.3) is 0 Å². The number of nitrogens with zero attached hydrogens (tertiary/aromatic N) is 2. The molecule has 2 aromatic carbocycles. The third-order valence-electron chi connectivity index (χ3n) is 2.73. The molecule has 8 heteroatoms. The fourth-order valence-corrected chi connectivity index (χ4v) is 1.77. The molecule has 126 valence electrons. The van der Waals surface area contributed by atoms with Crippen LogP contribution in [-0.4, -0.2) is 25.7 Å². The van der Waals surface area contributed by atoms with E-state index in [-0.39, 0.29) is 11.5 Å². The second-order valence-corrected chi connectivity index (χ2v) is 4.32. The van der Waals surface area contributed by atoms with Crippen LogP contribution >= 0.6 is 0 Å². The molecule has 0 aliphatic carbocycles. The van der Waals surface area contributed by atoms with Gasteiger partial charge in [0.2, 0.25) is 0 Å². The third kappa shape index (κ3) is 5.38. The number of alkyl halides is 4. The van der Waals surface area contributed by atoms with E-state index in [4.69, 9.17) is 0 Å². The molecule has 0 amide bonds. The van der Waals surface area contributed by atoms with E-state index in [9.17, 15) is 17.6 Å². The average Bonchev–Trinajstić information content (AvgIpc) is 2.53. The van der Waals surface area contributed by atoms with Gasteiger partial charge in [0.1, 0.15) is 11.5 Å². The first-order valence-corrected chi connectivity index (χ1v) is 6.70. The molecule has 0 N–H and O–H groups in total. The third-order valence-corrected chi connectivity index (χ3v) is 2.73. The molecule has 0 saturated carbocycles. The maximum Gasteiger partial charge on any atom is 0.387 e. The van der Waals surface area contributed by atoms with Gasteiger partial charge in [-0.25, -0.2) is 0 Å². The minimum Gasteiger partial charge on any atom is -0.434 e. The van der Waals surface area contributed by atoms with Crippen molar-refractivity contribution in [1.29, 1.82) is 0 Å². The van der Waals surface area contributed by atoms with Gasteiger partial charge in [0, 0.05) is 11.1 Å². The van der Waals surface area contributed by atoms with Gasteiger partial charge in [-0.1, -0.05) is 24.3 Å². The molecule has 0 bridgehead atoms. The van der Waals surface area contributed by atoms with Crippen LogP contribution in [0.2, 0.25) is 0 Å². The Hall–Kier alpha value is -2.90. The van der Waals surface area contributed by atoms with Gasteiger partial charge in [-0.15, -0.1) is 0 Å². The van der Waals surface area contributed by atoms with Crippen LogP contribution < -0.4 is 9.47 Å². The minimum atomic E-state index is -2.96. The smallest absolute Gasteiger partial charge is 0.387 e. The largest absolute Gasteiger partial charge is 0.434 e. The maximum absolute atomic E-state index is 12.3. The van der Waals surface area contributed by atoms with E-state index in [1.54, 1.807) is 12.1 Å². The Balaban J connectivity index is 2.11. The Morgan fingerprint density at radius 3 is 1.42 bits per heavy atom. The SMILES string of the molecule is FC(F)Oc1ccccc1C=NN=Cc1ccccc1OC(F)F. The number of ether oxygens (including phenoxy) is 2. The molecule has 0 spiro atoms. The molecular weight excluding hydrogens is 328 g/mol. The summed E-state index contributed by atoms with van der Waals surface area (Å²) in [4.78, 5) is 0. The fraction of sp³-hybridized carbons (Fsp3) is 0.125. The monoisotopic (exact) mass is 340 g/mol. The van der Waals surface area contributed by atoms with Gasteiger partial charge >= 0.3 is 13.2 Å². The number of benzene rings is 2. The topological polar surface area (TPSA) is 43.2 Å². The zero-order valence-electron chi connectivity index (χ0n) is 12.2. The van der Waals surface area contributed by atoms with Crippen LogP contribution in [0.4, 0.5) is 17.6 Å². The summed E-state index contributed by atoms with van der Waals surface area (Å²) >= 11 is 0. The second kappa shape index (κ2) is 8.66. The van der Waals surface area contributed by atoms with Crippen LogP contribution in [0.5, 0.6) is 11.5 Å². The van der Waals surface area contributed by atoms with Crippen LogP contribution in [0.25, 0.3) is 0 Å². The van der Waals surface area contributed by atoms with Crippen LogP contribution in [0.3, 0.4) is 0 Å². The van der Waals surface area contributed by atoms with E-state index in [0.29, 0.717) is 11.1 Å². The number of para-hydroxylation sites is 2. The highest BCUT2D eigenvalue weighted by molar-refractivity contribution is 5.86. The van der Waals surface area contributed by atoms with E-state index in [1.807, 2.05) is 0 Å². The van der Waals surface area contributed by atoms with E-state index < -0.39 is 13.2 Å². The van der Waals surface area contributed by atoms with Gasteiger partial charge in [-0.05, 0) is 24.3 Å². The standard InChI is InChI=1S/C16H12F4N2O2/c17-15(18)23-13-7-3-1-5-11(13)9-21-22-10-12-6-2-4-8-14(12)24-16(19)20/h1-10,15-16H. The highest BCUT2D eigenvalue weighted by Crippen LogP contribution is 2.19. The molecule has 24 heavy (non-hydrogen) atoms. The van der Waals surface area contributed by atoms with Crippen molar-refractivity contribution in [3.63, 3.8) is 0 Å². The molecule has 4 nitrogen and oxygen atoms in total. The second-order valence-electron chi connectivity index (χ2n) is 4.32. The van der Waals surface area contributed by atoms with Crippen molar-refractivity contribution in [2.75, 3.05) is 0 Å². The number of rotatable bonds is 7. The first-order chi connectivity index (χ1) is 11.6. The zero-order valence-corrected chi connectivity index (χ0v) is 12.2. The fourth-order valence-electron chi connectivity index (χ4n) is 1.77. The summed E-state index contributed by atoms with van der Waals surface area (Å²) in [5, 5.41) is 7.40. The van der Waals surface area contributed by atoms with Gasteiger partial charge in [0.05, 0.1) is 12.4 Å². The van der Waals surface area contributed by atoms with E-state index in [0.717, 1.165) is 0 Å². The summed E-state index contributed by atoms with van der Waals surface area (Å²) in [6, 6.07) is 12.1. The Morgan fingerprint density at radius 2 is 1.04 bits per heavy atom. The molecule has 0 saturated heterocycles. The molecule has 0 radical (unpaired) electrons. The normalized spacial score (nSPS) is 11.8. The van der Waals surface area contributed by atoms with Crippen molar-refractivity contribution in [1.82, 2.24) is 0 Å². The Kier molecular flexibility index (Phi) is 6.30. The first kappa shape index (κ1) is 17.5. The van der Waals surface area contributed by atoms with E-state index in [1.165, 1.54) is 48.8 Å². The molecule has 0 atom stereocenters. The number of hydrogen-bond donors (Lipinski definition) is 0. The molecule has 2 rings (SSSR count). The van der Waals surface area contributed by atoms with Crippen molar-refractivity contribution >= 4 is 12.4 Å². The average molecular weight is 340 g/mol. The van der Waals surface area contributed by atoms with Gasteiger partial charge in [-0.2, -0.15) is 27.8 Å². The molecular formula is C16H12F4N2O2. The lowest BCUT2D eigenvalue weighted by Crippen LogP contribution is -2.04. The lowest BCUT2D eigenvalue weighted by atomic mass is 10.2. The summed E-state index contributed by atoms with van der Waals surface area (Å²) in [6.07, 6.45) is 2.43. The van der Waals surface area contributed by atoms with Crippen molar-refractivity contribution < 1.29 is 27.0 Å². The molecule has 2 aromatic rings. The molecule has 0 aliphatic heterocycles. The van der Waals surface area contributed by atoms with E-state index in [2.05, 4.69) is 19.7 Å². The van der Waals surface area contributed by atoms with Gasteiger partial charge in [0.15, 0.2) is 0 Å². The van der Waals surface area contributed by atoms with Crippen LogP contribution in [0.15, 0.2) is 58.7 Å².